The summed E-state index contributed by atoms with van der Waals surface area (Å²) in [4.78, 5) is 2.38. The number of phenols is 1. The molecule has 98 valence electrons. The van der Waals surface area contributed by atoms with Gasteiger partial charge in [-0.15, -0.1) is 6.58 Å². The SMILES string of the molecule is C=C[C@@H](c1cc(Br)c(O)c(Br)c1)N1CCNCC1. The van der Waals surface area contributed by atoms with Crippen molar-refractivity contribution in [1.82, 2.24) is 10.2 Å². The predicted octanol–water partition coefficient (Wildman–Crippen LogP) is 3.05. The van der Waals surface area contributed by atoms with Crippen LogP contribution >= 0.6 is 31.9 Å². The van der Waals surface area contributed by atoms with E-state index in [1.807, 2.05) is 18.2 Å². The van der Waals surface area contributed by atoms with Crippen LogP contribution in [0.2, 0.25) is 0 Å². The van der Waals surface area contributed by atoms with E-state index in [0.717, 1.165) is 31.7 Å². The van der Waals surface area contributed by atoms with E-state index in [4.69, 9.17) is 0 Å². The van der Waals surface area contributed by atoms with Crippen molar-refractivity contribution in [2.75, 3.05) is 26.2 Å². The van der Waals surface area contributed by atoms with E-state index >= 15 is 0 Å². The van der Waals surface area contributed by atoms with Crippen molar-refractivity contribution < 1.29 is 5.11 Å². The maximum Gasteiger partial charge on any atom is 0.143 e. The van der Waals surface area contributed by atoms with E-state index in [2.05, 4.69) is 48.7 Å². The molecule has 1 fully saturated rings. The Balaban J connectivity index is 2.29. The topological polar surface area (TPSA) is 35.5 Å². The summed E-state index contributed by atoms with van der Waals surface area (Å²) in [5, 5.41) is 13.1. The van der Waals surface area contributed by atoms with Crippen LogP contribution in [0.15, 0.2) is 33.7 Å². The van der Waals surface area contributed by atoms with Crippen LogP contribution in [0.4, 0.5) is 0 Å². The van der Waals surface area contributed by atoms with Gasteiger partial charge in [0.2, 0.25) is 0 Å². The number of halogens is 2. The third-order valence-electron chi connectivity index (χ3n) is 3.15. The Morgan fingerprint density at radius 2 is 1.83 bits per heavy atom. The highest BCUT2D eigenvalue weighted by Crippen LogP contribution is 2.36. The highest BCUT2D eigenvalue weighted by Gasteiger charge is 2.20. The second-order valence-corrected chi connectivity index (χ2v) is 6.01. The molecule has 0 radical (unpaired) electrons. The molecular weight excluding hydrogens is 360 g/mol. The lowest BCUT2D eigenvalue weighted by Gasteiger charge is -2.33. The lowest BCUT2D eigenvalue weighted by Crippen LogP contribution is -2.44. The Bertz CT molecular complexity index is 422. The fourth-order valence-electron chi connectivity index (χ4n) is 2.21. The third-order valence-corrected chi connectivity index (χ3v) is 4.36. The number of benzene rings is 1. The van der Waals surface area contributed by atoms with Gasteiger partial charge in [-0.2, -0.15) is 0 Å². The van der Waals surface area contributed by atoms with Crippen LogP contribution in [-0.2, 0) is 0 Å². The van der Waals surface area contributed by atoms with Gasteiger partial charge in [-0.25, -0.2) is 0 Å². The van der Waals surface area contributed by atoms with Crippen LogP contribution < -0.4 is 5.32 Å². The van der Waals surface area contributed by atoms with Gasteiger partial charge in [-0.05, 0) is 49.6 Å². The predicted molar refractivity (Wildman–Crippen MR) is 80.9 cm³/mol. The molecule has 1 aromatic rings. The molecule has 0 aromatic heterocycles. The number of rotatable bonds is 3. The molecule has 1 atom stereocenters. The largest absolute Gasteiger partial charge is 0.506 e. The van der Waals surface area contributed by atoms with E-state index in [1.165, 1.54) is 0 Å². The zero-order valence-electron chi connectivity index (χ0n) is 10.00. The van der Waals surface area contributed by atoms with Crippen LogP contribution in [0.5, 0.6) is 5.75 Å². The Morgan fingerprint density at radius 1 is 1.28 bits per heavy atom. The summed E-state index contributed by atoms with van der Waals surface area (Å²) < 4.78 is 1.41. The quantitative estimate of drug-likeness (QED) is 0.797. The number of nitrogens with zero attached hydrogens (tertiary/aromatic N) is 1. The molecule has 2 rings (SSSR count). The highest BCUT2D eigenvalue weighted by atomic mass is 79.9. The highest BCUT2D eigenvalue weighted by molar-refractivity contribution is 9.11. The molecular formula is C13H16Br2N2O. The van der Waals surface area contributed by atoms with Crippen LogP contribution in [-0.4, -0.2) is 36.2 Å². The normalized spacial score (nSPS) is 18.6. The molecule has 3 nitrogen and oxygen atoms in total. The number of hydrogen-bond donors (Lipinski definition) is 2. The number of piperazine rings is 1. The van der Waals surface area contributed by atoms with Crippen molar-refractivity contribution in [3.63, 3.8) is 0 Å². The maximum absolute atomic E-state index is 9.75. The first-order chi connectivity index (χ1) is 8.63. The zero-order chi connectivity index (χ0) is 13.1. The molecule has 2 N–H and O–H groups in total. The van der Waals surface area contributed by atoms with E-state index in [1.54, 1.807) is 0 Å². The lowest BCUT2D eigenvalue weighted by molar-refractivity contribution is 0.203. The standard InChI is InChI=1S/C13H16Br2N2O/c1-2-12(17-5-3-16-4-6-17)9-7-10(14)13(18)11(15)8-9/h2,7-8,12,16,18H,1,3-6H2/t12-/m0/s1. The van der Waals surface area contributed by atoms with Crippen molar-refractivity contribution >= 4 is 31.9 Å². The lowest BCUT2D eigenvalue weighted by atomic mass is 10.0. The molecule has 1 heterocycles. The minimum atomic E-state index is 0.181. The Morgan fingerprint density at radius 3 is 2.33 bits per heavy atom. The fraction of sp³-hybridized carbons (Fsp3) is 0.385. The van der Waals surface area contributed by atoms with Gasteiger partial charge in [-0.3, -0.25) is 4.90 Å². The van der Waals surface area contributed by atoms with Gasteiger partial charge in [0, 0.05) is 26.2 Å². The Kier molecular flexibility index (Phi) is 4.84. The minimum Gasteiger partial charge on any atom is -0.506 e. The van der Waals surface area contributed by atoms with Crippen LogP contribution in [0.25, 0.3) is 0 Å². The molecule has 0 amide bonds. The van der Waals surface area contributed by atoms with Crippen LogP contribution in [0.1, 0.15) is 11.6 Å². The third kappa shape index (κ3) is 2.96. The summed E-state index contributed by atoms with van der Waals surface area (Å²) in [5.41, 5.74) is 1.13. The van der Waals surface area contributed by atoms with Crippen molar-refractivity contribution in [2.45, 2.75) is 6.04 Å². The summed E-state index contributed by atoms with van der Waals surface area (Å²) in [6, 6.07) is 4.09. The second kappa shape index (κ2) is 6.19. The average molecular weight is 376 g/mol. The first kappa shape index (κ1) is 14.1. The summed E-state index contributed by atoms with van der Waals surface area (Å²) in [7, 11) is 0. The van der Waals surface area contributed by atoms with Crippen molar-refractivity contribution in [3.05, 3.63) is 39.3 Å². The average Bonchev–Trinajstić information content (AvgIpc) is 2.38. The monoisotopic (exact) mass is 374 g/mol. The van der Waals surface area contributed by atoms with Gasteiger partial charge in [0.1, 0.15) is 5.75 Å². The van der Waals surface area contributed by atoms with E-state index in [9.17, 15) is 5.11 Å². The molecule has 5 heteroatoms. The van der Waals surface area contributed by atoms with Gasteiger partial charge < -0.3 is 10.4 Å². The summed E-state index contributed by atoms with van der Waals surface area (Å²) in [6.07, 6.45) is 1.95. The summed E-state index contributed by atoms with van der Waals surface area (Å²) >= 11 is 6.75. The van der Waals surface area contributed by atoms with E-state index < -0.39 is 0 Å². The zero-order valence-corrected chi connectivity index (χ0v) is 13.2. The Labute approximate surface area is 124 Å². The molecule has 0 spiro atoms. The van der Waals surface area contributed by atoms with Gasteiger partial charge in [0.25, 0.3) is 0 Å². The number of nitrogens with one attached hydrogen (secondary N) is 1. The second-order valence-electron chi connectivity index (χ2n) is 4.30. The Hall–Kier alpha value is -0.360. The smallest absolute Gasteiger partial charge is 0.143 e. The first-order valence-corrected chi connectivity index (χ1v) is 7.47. The van der Waals surface area contributed by atoms with Crippen LogP contribution in [0, 0.1) is 0 Å². The molecule has 1 aromatic carbocycles. The van der Waals surface area contributed by atoms with Crippen molar-refractivity contribution in [3.8, 4) is 5.75 Å². The molecule has 1 saturated heterocycles. The van der Waals surface area contributed by atoms with E-state index in [0.29, 0.717) is 8.95 Å². The number of hydrogen-bond acceptors (Lipinski definition) is 3. The number of aromatic hydroxyl groups is 1. The van der Waals surface area contributed by atoms with E-state index in [-0.39, 0.29) is 11.8 Å². The molecule has 0 saturated carbocycles. The first-order valence-electron chi connectivity index (χ1n) is 5.88. The minimum absolute atomic E-state index is 0.181. The summed E-state index contributed by atoms with van der Waals surface area (Å²) in [6.45, 7) is 7.96. The molecule has 0 aliphatic carbocycles. The fourth-order valence-corrected chi connectivity index (χ4v) is 3.43. The molecule has 1 aliphatic rings. The van der Waals surface area contributed by atoms with Crippen molar-refractivity contribution in [1.29, 1.82) is 0 Å². The van der Waals surface area contributed by atoms with Crippen LogP contribution in [0.3, 0.4) is 0 Å². The van der Waals surface area contributed by atoms with Gasteiger partial charge in [-0.1, -0.05) is 6.08 Å². The van der Waals surface area contributed by atoms with Crippen molar-refractivity contribution in [2.24, 2.45) is 0 Å². The van der Waals surface area contributed by atoms with Gasteiger partial charge >= 0.3 is 0 Å². The molecule has 18 heavy (non-hydrogen) atoms. The van der Waals surface area contributed by atoms with Gasteiger partial charge in [0.05, 0.1) is 15.0 Å². The maximum atomic E-state index is 9.75. The molecule has 0 bridgehead atoms. The molecule has 1 aliphatic heterocycles. The summed E-state index contributed by atoms with van der Waals surface area (Å²) in [5.74, 6) is 0.238. The molecule has 0 unspecified atom stereocenters. The van der Waals surface area contributed by atoms with Gasteiger partial charge in [0.15, 0.2) is 0 Å². The number of phenolic OH excluding ortho intramolecular Hbond substituents is 1.